The molecule has 2 amide bonds. The van der Waals surface area contributed by atoms with E-state index in [0.29, 0.717) is 6.54 Å². The topological polar surface area (TPSA) is 49.4 Å². The van der Waals surface area contributed by atoms with E-state index in [4.69, 9.17) is 0 Å². The minimum atomic E-state index is -0.156. The zero-order valence-electron chi connectivity index (χ0n) is 13.7. The van der Waals surface area contributed by atoms with Gasteiger partial charge in [0, 0.05) is 30.2 Å². The van der Waals surface area contributed by atoms with Gasteiger partial charge in [0.25, 0.3) is 0 Å². The molecule has 1 N–H and O–H groups in total. The normalized spacial score (nSPS) is 32.0. The van der Waals surface area contributed by atoms with Crippen LogP contribution < -0.4 is 5.32 Å². The number of carbonyl (C=O) groups is 2. The molecule has 0 radical (unpaired) electrons. The van der Waals surface area contributed by atoms with Gasteiger partial charge in [-0.05, 0) is 31.3 Å². The highest BCUT2D eigenvalue weighted by Gasteiger charge is 2.54. The summed E-state index contributed by atoms with van der Waals surface area (Å²) in [5, 5.41) is 3.23. The molecule has 6 heteroatoms. The van der Waals surface area contributed by atoms with Gasteiger partial charge < -0.3 is 10.2 Å². The molecule has 0 aromatic carbocycles. The van der Waals surface area contributed by atoms with Crippen LogP contribution in [0.3, 0.4) is 0 Å². The summed E-state index contributed by atoms with van der Waals surface area (Å²) >= 11 is 3.55. The van der Waals surface area contributed by atoms with Crippen molar-refractivity contribution < 1.29 is 9.59 Å². The van der Waals surface area contributed by atoms with Crippen molar-refractivity contribution in [3.8, 4) is 0 Å². The summed E-state index contributed by atoms with van der Waals surface area (Å²) in [4.78, 5) is 27.1. The van der Waals surface area contributed by atoms with Crippen LogP contribution in [0.5, 0.6) is 0 Å². The summed E-state index contributed by atoms with van der Waals surface area (Å²) in [6.45, 7) is 5.73. The van der Waals surface area contributed by atoms with Crippen LogP contribution in [-0.2, 0) is 9.59 Å². The maximum atomic E-state index is 12.7. The lowest BCUT2D eigenvalue weighted by Gasteiger charge is -2.27. The minimum Gasteiger partial charge on any atom is -0.351 e. The lowest BCUT2D eigenvalue weighted by Crippen LogP contribution is -2.47. The first-order valence-corrected chi connectivity index (χ1v) is 10.5. The van der Waals surface area contributed by atoms with E-state index >= 15 is 0 Å². The first kappa shape index (κ1) is 16.5. The standard InChI is InChI=1S/C16H26N2O2S2/c1-15(2)10-18(14(20)16(21-3)5-6-16)8-12(15)17-13(19)11-4-7-22-9-11/h11-12H,4-10H2,1-3H3,(H,17,19). The molecule has 2 aliphatic heterocycles. The Labute approximate surface area is 141 Å². The van der Waals surface area contributed by atoms with Crippen molar-refractivity contribution >= 4 is 35.3 Å². The lowest BCUT2D eigenvalue weighted by atomic mass is 9.87. The van der Waals surface area contributed by atoms with Crippen LogP contribution in [0.4, 0.5) is 0 Å². The van der Waals surface area contributed by atoms with Crippen LogP contribution in [0.2, 0.25) is 0 Å². The molecule has 0 bridgehead atoms. The van der Waals surface area contributed by atoms with Crippen molar-refractivity contribution in [3.05, 3.63) is 0 Å². The summed E-state index contributed by atoms with van der Waals surface area (Å²) in [7, 11) is 0. The van der Waals surface area contributed by atoms with Gasteiger partial charge in [0.05, 0.1) is 10.8 Å². The third-order valence-corrected chi connectivity index (χ3v) is 7.86. The van der Waals surface area contributed by atoms with Gasteiger partial charge in [0.2, 0.25) is 11.8 Å². The Morgan fingerprint density at radius 3 is 2.59 bits per heavy atom. The van der Waals surface area contributed by atoms with E-state index in [1.54, 1.807) is 11.8 Å². The van der Waals surface area contributed by atoms with Crippen LogP contribution >= 0.6 is 23.5 Å². The Balaban J connectivity index is 1.63. The van der Waals surface area contributed by atoms with Crippen molar-refractivity contribution in [1.82, 2.24) is 10.2 Å². The van der Waals surface area contributed by atoms with Crippen LogP contribution in [0.1, 0.15) is 33.1 Å². The molecule has 0 aromatic heterocycles. The third kappa shape index (κ3) is 3.01. The van der Waals surface area contributed by atoms with Crippen molar-refractivity contribution in [3.63, 3.8) is 0 Å². The summed E-state index contributed by atoms with van der Waals surface area (Å²) in [5.41, 5.74) is -0.0500. The number of hydrogen-bond acceptors (Lipinski definition) is 4. The van der Waals surface area contributed by atoms with Crippen molar-refractivity contribution in [1.29, 1.82) is 0 Å². The molecule has 3 fully saturated rings. The van der Waals surface area contributed by atoms with Crippen LogP contribution in [-0.4, -0.2) is 58.4 Å². The number of thioether (sulfide) groups is 2. The minimum absolute atomic E-state index is 0.0500. The molecule has 22 heavy (non-hydrogen) atoms. The monoisotopic (exact) mass is 342 g/mol. The van der Waals surface area contributed by atoms with E-state index in [-0.39, 0.29) is 33.9 Å². The molecular weight excluding hydrogens is 316 g/mol. The highest BCUT2D eigenvalue weighted by atomic mass is 32.2. The van der Waals surface area contributed by atoms with Crippen molar-refractivity contribution in [2.24, 2.45) is 11.3 Å². The zero-order valence-corrected chi connectivity index (χ0v) is 15.3. The number of nitrogens with zero attached hydrogens (tertiary/aromatic N) is 1. The van der Waals surface area contributed by atoms with Gasteiger partial charge in [-0.15, -0.1) is 11.8 Å². The molecule has 3 rings (SSSR count). The first-order valence-electron chi connectivity index (χ1n) is 8.11. The fourth-order valence-corrected chi connectivity index (χ4v) is 5.50. The number of hydrogen-bond donors (Lipinski definition) is 1. The highest BCUT2D eigenvalue weighted by Crippen LogP contribution is 2.49. The second kappa shape index (κ2) is 5.93. The fourth-order valence-electron chi connectivity index (χ4n) is 3.47. The largest absolute Gasteiger partial charge is 0.351 e. The van der Waals surface area contributed by atoms with Gasteiger partial charge in [-0.3, -0.25) is 9.59 Å². The maximum Gasteiger partial charge on any atom is 0.238 e. The van der Waals surface area contributed by atoms with Gasteiger partial charge in [0.15, 0.2) is 0 Å². The molecule has 2 atom stereocenters. The Bertz CT molecular complexity index is 471. The molecule has 0 aromatic rings. The zero-order chi connectivity index (χ0) is 16.0. The summed E-state index contributed by atoms with van der Waals surface area (Å²) in [6.07, 6.45) is 5.02. The quantitative estimate of drug-likeness (QED) is 0.849. The van der Waals surface area contributed by atoms with E-state index < -0.39 is 0 Å². The Hall–Kier alpha value is -0.360. The smallest absolute Gasteiger partial charge is 0.238 e. The number of rotatable bonds is 4. The van der Waals surface area contributed by atoms with E-state index in [1.165, 1.54) is 0 Å². The molecular formula is C16H26N2O2S2. The summed E-state index contributed by atoms with van der Waals surface area (Å²) in [6, 6.07) is 0.0761. The number of amides is 2. The third-order valence-electron chi connectivity index (χ3n) is 5.33. The van der Waals surface area contributed by atoms with Gasteiger partial charge in [0.1, 0.15) is 0 Å². The molecule has 2 saturated heterocycles. The molecule has 2 heterocycles. The van der Waals surface area contributed by atoms with Crippen LogP contribution in [0.15, 0.2) is 0 Å². The predicted molar refractivity (Wildman–Crippen MR) is 93.2 cm³/mol. The molecule has 1 saturated carbocycles. The van der Waals surface area contributed by atoms with Crippen LogP contribution in [0, 0.1) is 11.3 Å². The predicted octanol–water partition coefficient (Wildman–Crippen LogP) is 1.99. The number of likely N-dealkylation sites (tertiary alicyclic amines) is 1. The van der Waals surface area contributed by atoms with Gasteiger partial charge in [-0.1, -0.05) is 13.8 Å². The van der Waals surface area contributed by atoms with E-state index in [0.717, 1.165) is 37.3 Å². The SMILES string of the molecule is CSC1(C(=O)N2CC(NC(=O)C3CCSC3)C(C)(C)C2)CC1. The number of carbonyl (C=O) groups excluding carboxylic acids is 2. The highest BCUT2D eigenvalue weighted by molar-refractivity contribution is 8.01. The van der Waals surface area contributed by atoms with Gasteiger partial charge in [-0.2, -0.15) is 11.8 Å². The first-order chi connectivity index (χ1) is 10.4. The Kier molecular flexibility index (Phi) is 4.45. The van der Waals surface area contributed by atoms with E-state index in [9.17, 15) is 9.59 Å². The van der Waals surface area contributed by atoms with Gasteiger partial charge in [-0.25, -0.2) is 0 Å². The van der Waals surface area contributed by atoms with E-state index in [1.807, 2.05) is 22.9 Å². The summed E-state index contributed by atoms with van der Waals surface area (Å²) < 4.78 is -0.156. The fraction of sp³-hybridized carbons (Fsp3) is 0.875. The molecule has 1 aliphatic carbocycles. The number of nitrogens with one attached hydrogen (secondary N) is 1. The van der Waals surface area contributed by atoms with Crippen molar-refractivity contribution in [2.45, 2.75) is 43.9 Å². The average Bonchev–Trinajstić information content (AvgIpc) is 2.95. The second-order valence-electron chi connectivity index (χ2n) is 7.49. The maximum absolute atomic E-state index is 12.7. The van der Waals surface area contributed by atoms with Gasteiger partial charge >= 0.3 is 0 Å². The van der Waals surface area contributed by atoms with E-state index in [2.05, 4.69) is 19.2 Å². The molecule has 4 nitrogen and oxygen atoms in total. The van der Waals surface area contributed by atoms with Crippen LogP contribution in [0.25, 0.3) is 0 Å². The molecule has 2 unspecified atom stereocenters. The Morgan fingerprint density at radius 2 is 2.05 bits per heavy atom. The average molecular weight is 343 g/mol. The second-order valence-corrected chi connectivity index (χ2v) is 9.83. The Morgan fingerprint density at radius 1 is 1.32 bits per heavy atom. The molecule has 124 valence electrons. The lowest BCUT2D eigenvalue weighted by molar-refractivity contribution is -0.131. The molecule has 3 aliphatic rings. The molecule has 0 spiro atoms. The van der Waals surface area contributed by atoms with Crippen molar-refractivity contribution in [2.75, 3.05) is 30.9 Å². The summed E-state index contributed by atoms with van der Waals surface area (Å²) in [5.74, 6) is 2.65.